The maximum Gasteiger partial charge on any atom is 0.137 e. The summed E-state index contributed by atoms with van der Waals surface area (Å²) in [4.78, 5) is 0. The smallest absolute Gasteiger partial charge is 0.137 e. The summed E-state index contributed by atoms with van der Waals surface area (Å²) in [6.07, 6.45) is 1.70. The lowest BCUT2D eigenvalue weighted by Gasteiger charge is -1.78. The Labute approximate surface area is 35.0 Å². The minimum atomic E-state index is 0.806. The maximum atomic E-state index is 4.73. The van der Waals surface area contributed by atoms with Gasteiger partial charge in [-0.05, 0) is 0 Å². The lowest BCUT2D eigenvalue weighted by atomic mass is 11.1. The molecular formula is C3H4OS. The summed E-state index contributed by atoms with van der Waals surface area (Å²) < 4.78 is 4.73. The lowest BCUT2D eigenvalue weighted by molar-refractivity contribution is 0.326. The van der Waals surface area contributed by atoms with Gasteiger partial charge < -0.3 is 4.74 Å². The predicted octanol–water partition coefficient (Wildman–Crippen LogP) is 1.18. The molecule has 5 heavy (non-hydrogen) atoms. The van der Waals surface area contributed by atoms with Crippen molar-refractivity contribution < 1.29 is 4.74 Å². The molecule has 1 aliphatic heterocycles. The molecule has 0 aromatic rings. The van der Waals surface area contributed by atoms with Crippen LogP contribution in [0.5, 0.6) is 0 Å². The summed E-state index contributed by atoms with van der Waals surface area (Å²) in [6.45, 7) is 0. The van der Waals surface area contributed by atoms with E-state index < -0.39 is 0 Å². The average molecular weight is 88.1 g/mol. The second-order valence-electron chi connectivity index (χ2n) is 0.723. The van der Waals surface area contributed by atoms with Crippen molar-refractivity contribution in [3.63, 3.8) is 0 Å². The van der Waals surface area contributed by atoms with E-state index >= 15 is 0 Å². The fraction of sp³-hybridized carbons (Fsp3) is 0.333. The van der Waals surface area contributed by atoms with Crippen LogP contribution in [-0.4, -0.2) is 5.94 Å². The van der Waals surface area contributed by atoms with E-state index in [1.165, 1.54) is 0 Å². The van der Waals surface area contributed by atoms with Crippen LogP contribution in [0, 0.1) is 0 Å². The van der Waals surface area contributed by atoms with E-state index in [0.29, 0.717) is 0 Å². The maximum absolute atomic E-state index is 4.73. The van der Waals surface area contributed by atoms with Crippen molar-refractivity contribution in [2.75, 3.05) is 5.94 Å². The Morgan fingerprint density at radius 2 is 2.80 bits per heavy atom. The summed E-state index contributed by atoms with van der Waals surface area (Å²) >= 11 is 1.67. The number of thioether (sulfide) groups is 1. The molecule has 1 aliphatic rings. The summed E-state index contributed by atoms with van der Waals surface area (Å²) in [5.74, 6) is 0.806. The Morgan fingerprint density at radius 1 is 1.80 bits per heavy atom. The van der Waals surface area contributed by atoms with Crippen LogP contribution in [0.15, 0.2) is 11.7 Å². The standard InChI is InChI=1S/C3H4OS/c1-2-5-3-4-1/h1-2H,3H2. The average Bonchev–Trinajstić information content (AvgIpc) is 1.76. The van der Waals surface area contributed by atoms with E-state index in [0.717, 1.165) is 5.94 Å². The van der Waals surface area contributed by atoms with Gasteiger partial charge >= 0.3 is 0 Å². The van der Waals surface area contributed by atoms with Crippen LogP contribution in [0.4, 0.5) is 0 Å². The first kappa shape index (κ1) is 3.09. The zero-order chi connectivity index (χ0) is 3.54. The number of hydrogen-bond acceptors (Lipinski definition) is 2. The SMILES string of the molecule is C1=CSCO1. The number of hydrogen-bond donors (Lipinski definition) is 0. The highest BCUT2D eigenvalue weighted by atomic mass is 32.2. The fourth-order valence-corrected chi connectivity index (χ4v) is 0.589. The van der Waals surface area contributed by atoms with E-state index in [-0.39, 0.29) is 0 Å². The molecule has 1 rings (SSSR count). The highest BCUT2D eigenvalue weighted by molar-refractivity contribution is 8.02. The van der Waals surface area contributed by atoms with Gasteiger partial charge in [0.15, 0.2) is 0 Å². The van der Waals surface area contributed by atoms with E-state index in [9.17, 15) is 0 Å². The normalized spacial score (nSPS) is 19.2. The van der Waals surface area contributed by atoms with Crippen LogP contribution < -0.4 is 0 Å². The van der Waals surface area contributed by atoms with Crippen molar-refractivity contribution in [3.8, 4) is 0 Å². The third kappa shape index (κ3) is 0.581. The zero-order valence-corrected chi connectivity index (χ0v) is 3.49. The highest BCUT2D eigenvalue weighted by Gasteiger charge is 1.84. The first-order valence-corrected chi connectivity index (χ1v) is 2.43. The van der Waals surface area contributed by atoms with Crippen LogP contribution in [0.2, 0.25) is 0 Å². The molecule has 2 heteroatoms. The number of ether oxygens (including phenoxy) is 1. The molecular weight excluding hydrogens is 84.1 g/mol. The molecule has 28 valence electrons. The van der Waals surface area contributed by atoms with Crippen LogP contribution >= 0.6 is 11.8 Å². The van der Waals surface area contributed by atoms with Crippen molar-refractivity contribution in [2.24, 2.45) is 0 Å². The molecule has 0 bridgehead atoms. The molecule has 1 heterocycles. The van der Waals surface area contributed by atoms with Crippen molar-refractivity contribution in [3.05, 3.63) is 11.7 Å². The van der Waals surface area contributed by atoms with Gasteiger partial charge in [-0.1, -0.05) is 11.8 Å². The molecule has 0 unspecified atom stereocenters. The first-order chi connectivity index (χ1) is 2.50. The van der Waals surface area contributed by atoms with Crippen LogP contribution in [0.1, 0.15) is 0 Å². The number of rotatable bonds is 0. The second kappa shape index (κ2) is 1.36. The molecule has 0 fully saturated rings. The molecule has 0 aromatic heterocycles. The topological polar surface area (TPSA) is 9.23 Å². The van der Waals surface area contributed by atoms with Gasteiger partial charge in [-0.25, -0.2) is 0 Å². The Morgan fingerprint density at radius 3 is 3.00 bits per heavy atom. The Bertz CT molecular complexity index is 44.9. The fourth-order valence-electron chi connectivity index (χ4n) is 0.196. The Hall–Kier alpha value is -0.110. The summed E-state index contributed by atoms with van der Waals surface area (Å²) in [5.41, 5.74) is 0. The van der Waals surface area contributed by atoms with Gasteiger partial charge in [0, 0.05) is 5.41 Å². The van der Waals surface area contributed by atoms with E-state index in [2.05, 4.69) is 0 Å². The van der Waals surface area contributed by atoms with Gasteiger partial charge in [0.1, 0.15) is 5.94 Å². The molecule has 0 atom stereocenters. The van der Waals surface area contributed by atoms with Crippen LogP contribution in [0.3, 0.4) is 0 Å². The van der Waals surface area contributed by atoms with Gasteiger partial charge in [-0.2, -0.15) is 0 Å². The van der Waals surface area contributed by atoms with Crippen molar-refractivity contribution in [2.45, 2.75) is 0 Å². The largest absolute Gasteiger partial charge is 0.490 e. The third-order valence-corrected chi connectivity index (χ3v) is 0.960. The molecule has 0 amide bonds. The van der Waals surface area contributed by atoms with Gasteiger partial charge in [0.05, 0.1) is 6.26 Å². The third-order valence-electron chi connectivity index (χ3n) is 0.384. The van der Waals surface area contributed by atoms with Crippen LogP contribution in [-0.2, 0) is 4.74 Å². The monoisotopic (exact) mass is 88.0 g/mol. The Kier molecular flexibility index (Phi) is 0.841. The van der Waals surface area contributed by atoms with Gasteiger partial charge in [0.25, 0.3) is 0 Å². The van der Waals surface area contributed by atoms with Crippen molar-refractivity contribution in [1.29, 1.82) is 0 Å². The van der Waals surface area contributed by atoms with E-state index in [1.807, 2.05) is 5.41 Å². The van der Waals surface area contributed by atoms with Crippen molar-refractivity contribution >= 4 is 11.8 Å². The zero-order valence-electron chi connectivity index (χ0n) is 2.68. The molecule has 0 aromatic carbocycles. The molecule has 0 spiro atoms. The van der Waals surface area contributed by atoms with E-state index in [4.69, 9.17) is 4.74 Å². The second-order valence-corrected chi connectivity index (χ2v) is 1.56. The minimum Gasteiger partial charge on any atom is -0.490 e. The quantitative estimate of drug-likeness (QED) is 0.439. The van der Waals surface area contributed by atoms with E-state index in [1.54, 1.807) is 18.0 Å². The summed E-state index contributed by atoms with van der Waals surface area (Å²) in [7, 11) is 0. The molecule has 0 saturated carbocycles. The molecule has 0 saturated heterocycles. The summed E-state index contributed by atoms with van der Waals surface area (Å²) in [5, 5.41) is 1.93. The van der Waals surface area contributed by atoms with Crippen molar-refractivity contribution in [1.82, 2.24) is 0 Å². The predicted molar refractivity (Wildman–Crippen MR) is 22.7 cm³/mol. The molecule has 0 radical (unpaired) electrons. The van der Waals surface area contributed by atoms with Crippen LogP contribution in [0.25, 0.3) is 0 Å². The molecule has 0 aliphatic carbocycles. The summed E-state index contributed by atoms with van der Waals surface area (Å²) in [6, 6.07) is 0. The van der Waals surface area contributed by atoms with Gasteiger partial charge in [0.2, 0.25) is 0 Å². The van der Waals surface area contributed by atoms with Gasteiger partial charge in [-0.15, -0.1) is 0 Å². The van der Waals surface area contributed by atoms with Gasteiger partial charge in [-0.3, -0.25) is 0 Å². The molecule has 1 nitrogen and oxygen atoms in total. The lowest BCUT2D eigenvalue weighted by Crippen LogP contribution is -1.63. The minimum absolute atomic E-state index is 0.806. The molecule has 0 N–H and O–H groups in total. The first-order valence-electron chi connectivity index (χ1n) is 1.38. The Balaban J connectivity index is 2.32. The highest BCUT2D eigenvalue weighted by Crippen LogP contribution is 2.08.